The SMILES string of the molecule is O=C(N[C@@H](C(=O)O)C1CCc2ccccc21)OCC1c2ccccc2-c2ccccc21. The number of carbonyl (C=O) groups excluding carboxylic acids is 1. The minimum Gasteiger partial charge on any atom is -0.480 e. The number of amides is 1. The van der Waals surface area contributed by atoms with Gasteiger partial charge in [-0.05, 0) is 46.2 Å². The smallest absolute Gasteiger partial charge is 0.407 e. The first-order chi connectivity index (χ1) is 15.1. The van der Waals surface area contributed by atoms with Crippen LogP contribution in [0.4, 0.5) is 4.79 Å². The third kappa shape index (κ3) is 3.46. The minimum absolute atomic E-state index is 0.0614. The number of ether oxygens (including phenoxy) is 1. The third-order valence-electron chi connectivity index (χ3n) is 6.46. The van der Waals surface area contributed by atoms with E-state index < -0.39 is 18.1 Å². The van der Waals surface area contributed by atoms with Crippen molar-refractivity contribution in [1.29, 1.82) is 0 Å². The number of nitrogens with one attached hydrogen (secondary N) is 1. The van der Waals surface area contributed by atoms with Crippen LogP contribution in [0.5, 0.6) is 0 Å². The standard InChI is InChI=1S/C26H23NO4/c28-25(29)24(22-14-13-16-7-1-2-8-17(16)22)27-26(30)31-15-23-20-11-5-3-9-18(20)19-10-4-6-12-21(19)23/h1-12,22-24H,13-15H2,(H,27,30)(H,28,29)/t22?,24-/m1/s1. The average Bonchev–Trinajstić information content (AvgIpc) is 3.35. The van der Waals surface area contributed by atoms with Crippen LogP contribution in [0, 0.1) is 0 Å². The number of aliphatic carboxylic acids is 1. The summed E-state index contributed by atoms with van der Waals surface area (Å²) in [5.41, 5.74) is 6.69. The van der Waals surface area contributed by atoms with Gasteiger partial charge in [-0.1, -0.05) is 72.8 Å². The van der Waals surface area contributed by atoms with E-state index in [9.17, 15) is 14.7 Å². The monoisotopic (exact) mass is 413 g/mol. The molecule has 3 aromatic rings. The molecule has 5 rings (SSSR count). The highest BCUT2D eigenvalue weighted by Gasteiger charge is 2.36. The molecule has 0 saturated heterocycles. The number of benzene rings is 3. The maximum atomic E-state index is 12.6. The van der Waals surface area contributed by atoms with Crippen LogP contribution in [0.1, 0.15) is 40.5 Å². The molecule has 5 heteroatoms. The van der Waals surface area contributed by atoms with Crippen molar-refractivity contribution in [1.82, 2.24) is 5.32 Å². The summed E-state index contributed by atoms with van der Waals surface area (Å²) in [7, 11) is 0. The first-order valence-corrected chi connectivity index (χ1v) is 10.6. The van der Waals surface area contributed by atoms with Gasteiger partial charge in [0, 0.05) is 11.8 Å². The molecule has 1 amide bonds. The molecule has 0 fully saturated rings. The lowest BCUT2D eigenvalue weighted by Gasteiger charge is -2.22. The molecule has 0 aromatic heterocycles. The zero-order chi connectivity index (χ0) is 21.4. The Kier molecular flexibility index (Phi) is 4.94. The van der Waals surface area contributed by atoms with Crippen LogP contribution in [-0.2, 0) is 16.0 Å². The Bertz CT molecular complexity index is 1110. The molecular weight excluding hydrogens is 390 g/mol. The summed E-state index contributed by atoms with van der Waals surface area (Å²) >= 11 is 0. The molecule has 0 aliphatic heterocycles. The van der Waals surface area contributed by atoms with Crippen LogP contribution >= 0.6 is 0 Å². The summed E-state index contributed by atoms with van der Waals surface area (Å²) in [4.78, 5) is 24.6. The van der Waals surface area contributed by atoms with Crippen molar-refractivity contribution in [3.05, 3.63) is 95.1 Å². The maximum Gasteiger partial charge on any atom is 0.407 e. The van der Waals surface area contributed by atoms with Crippen molar-refractivity contribution in [3.8, 4) is 11.1 Å². The van der Waals surface area contributed by atoms with E-state index >= 15 is 0 Å². The number of hydrogen-bond donors (Lipinski definition) is 2. The first kappa shape index (κ1) is 19.4. The summed E-state index contributed by atoms with van der Waals surface area (Å²) in [6, 6.07) is 23.0. The lowest BCUT2D eigenvalue weighted by Crippen LogP contribution is -2.45. The molecule has 156 valence electrons. The molecule has 2 atom stereocenters. The highest BCUT2D eigenvalue weighted by molar-refractivity contribution is 5.82. The van der Waals surface area contributed by atoms with E-state index in [0.29, 0.717) is 6.42 Å². The molecule has 0 radical (unpaired) electrons. The van der Waals surface area contributed by atoms with E-state index in [1.807, 2.05) is 48.5 Å². The van der Waals surface area contributed by atoms with Gasteiger partial charge in [0.05, 0.1) is 0 Å². The van der Waals surface area contributed by atoms with Gasteiger partial charge in [-0.15, -0.1) is 0 Å². The van der Waals surface area contributed by atoms with Crippen molar-refractivity contribution in [2.75, 3.05) is 6.61 Å². The molecule has 2 aliphatic rings. The molecule has 2 N–H and O–H groups in total. The van der Waals surface area contributed by atoms with Gasteiger partial charge < -0.3 is 15.2 Å². The van der Waals surface area contributed by atoms with E-state index in [2.05, 4.69) is 29.6 Å². The fraction of sp³-hybridized carbons (Fsp3) is 0.231. The van der Waals surface area contributed by atoms with Gasteiger partial charge in [0.15, 0.2) is 0 Å². The zero-order valence-electron chi connectivity index (χ0n) is 17.0. The molecule has 2 aliphatic carbocycles. The Balaban J connectivity index is 1.30. The molecule has 0 heterocycles. The highest BCUT2D eigenvalue weighted by Crippen LogP contribution is 2.44. The van der Waals surface area contributed by atoms with Crippen LogP contribution < -0.4 is 5.32 Å². The Morgan fingerprint density at radius 1 is 0.903 bits per heavy atom. The molecule has 0 saturated carbocycles. The number of aryl methyl sites for hydroxylation is 1. The highest BCUT2D eigenvalue weighted by atomic mass is 16.5. The van der Waals surface area contributed by atoms with Gasteiger partial charge in [0.1, 0.15) is 12.6 Å². The second-order valence-corrected chi connectivity index (χ2v) is 8.13. The normalized spacial score (nSPS) is 17.4. The topological polar surface area (TPSA) is 75.6 Å². The van der Waals surface area contributed by atoms with Gasteiger partial charge in [-0.25, -0.2) is 9.59 Å². The Morgan fingerprint density at radius 3 is 2.13 bits per heavy atom. The largest absolute Gasteiger partial charge is 0.480 e. The van der Waals surface area contributed by atoms with E-state index in [0.717, 1.165) is 39.8 Å². The van der Waals surface area contributed by atoms with Crippen molar-refractivity contribution in [3.63, 3.8) is 0 Å². The third-order valence-corrected chi connectivity index (χ3v) is 6.46. The van der Waals surface area contributed by atoms with E-state index in [4.69, 9.17) is 4.74 Å². The Morgan fingerprint density at radius 2 is 1.48 bits per heavy atom. The summed E-state index contributed by atoms with van der Waals surface area (Å²) in [6.45, 7) is 0.160. The van der Waals surface area contributed by atoms with Crippen molar-refractivity contribution in [2.45, 2.75) is 30.7 Å². The van der Waals surface area contributed by atoms with Crippen LogP contribution in [0.15, 0.2) is 72.8 Å². The number of hydrogen-bond acceptors (Lipinski definition) is 3. The van der Waals surface area contributed by atoms with E-state index in [1.165, 1.54) is 0 Å². The molecule has 5 nitrogen and oxygen atoms in total. The lowest BCUT2D eigenvalue weighted by atomic mass is 9.93. The maximum absolute atomic E-state index is 12.6. The van der Waals surface area contributed by atoms with E-state index in [1.54, 1.807) is 0 Å². The van der Waals surface area contributed by atoms with Crippen molar-refractivity contribution in [2.24, 2.45) is 0 Å². The number of carboxylic acids is 1. The van der Waals surface area contributed by atoms with Gasteiger partial charge in [-0.3, -0.25) is 0 Å². The lowest BCUT2D eigenvalue weighted by molar-refractivity contribution is -0.140. The molecule has 0 spiro atoms. The summed E-state index contributed by atoms with van der Waals surface area (Å²) in [6.07, 6.45) is 0.815. The van der Waals surface area contributed by atoms with Crippen LogP contribution in [0.3, 0.4) is 0 Å². The number of carbonyl (C=O) groups is 2. The average molecular weight is 413 g/mol. The van der Waals surface area contributed by atoms with Crippen molar-refractivity contribution >= 4 is 12.1 Å². The number of fused-ring (bicyclic) bond motifs is 4. The fourth-order valence-electron chi connectivity index (χ4n) is 5.04. The van der Waals surface area contributed by atoms with Gasteiger partial charge in [-0.2, -0.15) is 0 Å². The number of rotatable bonds is 5. The fourth-order valence-corrected chi connectivity index (χ4v) is 5.04. The predicted molar refractivity (Wildman–Crippen MR) is 117 cm³/mol. The Hall–Kier alpha value is -3.60. The summed E-state index contributed by atoms with van der Waals surface area (Å²) < 4.78 is 5.55. The van der Waals surface area contributed by atoms with Crippen molar-refractivity contribution < 1.29 is 19.4 Å². The molecular formula is C26H23NO4. The summed E-state index contributed by atoms with van der Waals surface area (Å²) in [5, 5.41) is 12.4. The van der Waals surface area contributed by atoms with Crippen LogP contribution in [0.25, 0.3) is 11.1 Å². The first-order valence-electron chi connectivity index (χ1n) is 10.6. The Labute approximate surface area is 180 Å². The van der Waals surface area contributed by atoms with Gasteiger partial charge in [0.2, 0.25) is 0 Å². The van der Waals surface area contributed by atoms with Gasteiger partial charge in [0.25, 0.3) is 0 Å². The number of carboxylic acid groups (broad SMARTS) is 1. The second kappa shape index (κ2) is 7.91. The molecule has 3 aromatic carbocycles. The van der Waals surface area contributed by atoms with Crippen LogP contribution in [-0.4, -0.2) is 29.8 Å². The van der Waals surface area contributed by atoms with Gasteiger partial charge >= 0.3 is 12.1 Å². The molecule has 1 unspecified atom stereocenters. The minimum atomic E-state index is -1.05. The molecule has 31 heavy (non-hydrogen) atoms. The number of alkyl carbamates (subject to hydrolysis) is 1. The quantitative estimate of drug-likeness (QED) is 0.635. The summed E-state index contributed by atoms with van der Waals surface area (Å²) in [5.74, 6) is -1.36. The second-order valence-electron chi connectivity index (χ2n) is 8.13. The van der Waals surface area contributed by atoms with E-state index in [-0.39, 0.29) is 18.4 Å². The zero-order valence-corrected chi connectivity index (χ0v) is 17.0. The predicted octanol–water partition coefficient (Wildman–Crippen LogP) is 4.71. The van der Waals surface area contributed by atoms with Crippen LogP contribution in [0.2, 0.25) is 0 Å². The molecule has 0 bridgehead atoms.